The normalized spacial score (nSPS) is 20.1. The third-order valence-electron chi connectivity index (χ3n) is 5.80. The van der Waals surface area contributed by atoms with E-state index < -0.39 is 12.7 Å². The van der Waals surface area contributed by atoms with Gasteiger partial charge in [0.2, 0.25) is 0 Å². The van der Waals surface area contributed by atoms with Crippen LogP contribution in [0.2, 0.25) is 0 Å². The van der Waals surface area contributed by atoms with E-state index in [0.717, 1.165) is 37.2 Å². The Labute approximate surface area is 175 Å². The van der Waals surface area contributed by atoms with Crippen molar-refractivity contribution in [3.63, 3.8) is 0 Å². The maximum absolute atomic E-state index is 12.8. The van der Waals surface area contributed by atoms with Gasteiger partial charge in [-0.25, -0.2) is 4.79 Å². The van der Waals surface area contributed by atoms with E-state index in [-0.39, 0.29) is 18.6 Å². The molecule has 2 saturated heterocycles. The summed E-state index contributed by atoms with van der Waals surface area (Å²) in [7, 11) is 1.64. The standard InChI is InChI=1S/C21H31F3N4O2/c1-30-19-8-3-2-7-17(19)18(27-10-4-5-11-27)15-25-20(29)28-12-6-9-26(13-14-28)16-21(22,23)24/h2-3,7-8,18H,4-6,9-16H2,1H3,(H,25,29). The molecule has 0 aromatic heterocycles. The van der Waals surface area contributed by atoms with Crippen molar-refractivity contribution in [1.82, 2.24) is 20.0 Å². The molecule has 1 aromatic rings. The van der Waals surface area contributed by atoms with E-state index in [2.05, 4.69) is 10.2 Å². The number of likely N-dealkylation sites (tertiary alicyclic amines) is 1. The van der Waals surface area contributed by atoms with Crippen LogP contribution in [0.15, 0.2) is 24.3 Å². The molecule has 0 radical (unpaired) electrons. The van der Waals surface area contributed by atoms with Gasteiger partial charge in [0.1, 0.15) is 5.75 Å². The van der Waals surface area contributed by atoms with E-state index in [1.807, 2.05) is 24.3 Å². The van der Waals surface area contributed by atoms with Gasteiger partial charge in [-0.15, -0.1) is 0 Å². The molecular formula is C21H31F3N4O2. The molecular weight excluding hydrogens is 397 g/mol. The van der Waals surface area contributed by atoms with Crippen molar-refractivity contribution >= 4 is 6.03 Å². The molecule has 6 nitrogen and oxygen atoms in total. The maximum Gasteiger partial charge on any atom is 0.401 e. The lowest BCUT2D eigenvalue weighted by atomic mass is 10.0. The van der Waals surface area contributed by atoms with Crippen LogP contribution in [0.4, 0.5) is 18.0 Å². The van der Waals surface area contributed by atoms with Crippen LogP contribution < -0.4 is 10.1 Å². The molecule has 1 N–H and O–H groups in total. The molecule has 2 amide bonds. The van der Waals surface area contributed by atoms with Crippen molar-refractivity contribution in [3.05, 3.63) is 29.8 Å². The first-order chi connectivity index (χ1) is 14.4. The van der Waals surface area contributed by atoms with Crippen molar-refractivity contribution in [1.29, 1.82) is 0 Å². The molecule has 2 aliphatic rings. The Kier molecular flexibility index (Phi) is 7.82. The first-order valence-electron chi connectivity index (χ1n) is 10.6. The highest BCUT2D eigenvalue weighted by Gasteiger charge is 2.32. The van der Waals surface area contributed by atoms with E-state index in [1.54, 1.807) is 12.0 Å². The predicted octanol–water partition coefficient (Wildman–Crippen LogP) is 3.11. The number of rotatable bonds is 6. The van der Waals surface area contributed by atoms with Crippen LogP contribution in [0.25, 0.3) is 0 Å². The SMILES string of the molecule is COc1ccccc1C(CNC(=O)N1CCCN(CC(F)(F)F)CC1)N1CCCC1. The fraction of sp³-hybridized carbons (Fsp3) is 0.667. The lowest BCUT2D eigenvalue weighted by Crippen LogP contribution is -2.45. The Bertz CT molecular complexity index is 695. The number of alkyl halides is 3. The summed E-state index contributed by atoms with van der Waals surface area (Å²) in [5.41, 5.74) is 1.04. The average molecular weight is 428 g/mol. The lowest BCUT2D eigenvalue weighted by Gasteiger charge is -2.30. The molecule has 0 bridgehead atoms. The van der Waals surface area contributed by atoms with Crippen molar-refractivity contribution in [2.75, 3.05) is 59.5 Å². The number of para-hydroxylation sites is 1. The van der Waals surface area contributed by atoms with Crippen molar-refractivity contribution in [2.24, 2.45) is 0 Å². The Morgan fingerprint density at radius 1 is 1.07 bits per heavy atom. The highest BCUT2D eigenvalue weighted by atomic mass is 19.4. The van der Waals surface area contributed by atoms with Gasteiger partial charge in [-0.2, -0.15) is 13.2 Å². The maximum atomic E-state index is 12.8. The van der Waals surface area contributed by atoms with Gasteiger partial charge in [0.25, 0.3) is 0 Å². The fourth-order valence-electron chi connectivity index (χ4n) is 4.31. The van der Waals surface area contributed by atoms with Gasteiger partial charge >= 0.3 is 12.2 Å². The number of methoxy groups -OCH3 is 1. The van der Waals surface area contributed by atoms with Crippen LogP contribution in [-0.4, -0.2) is 86.4 Å². The first kappa shape index (κ1) is 22.7. The first-order valence-corrected chi connectivity index (χ1v) is 10.6. The van der Waals surface area contributed by atoms with Crippen LogP contribution in [-0.2, 0) is 0 Å². The molecule has 0 saturated carbocycles. The van der Waals surface area contributed by atoms with Crippen LogP contribution >= 0.6 is 0 Å². The van der Waals surface area contributed by atoms with Crippen molar-refractivity contribution < 1.29 is 22.7 Å². The van der Waals surface area contributed by atoms with Gasteiger partial charge in [-0.1, -0.05) is 18.2 Å². The number of carbonyl (C=O) groups excluding carboxylic acids is 1. The highest BCUT2D eigenvalue weighted by Crippen LogP contribution is 2.31. The molecule has 9 heteroatoms. The number of hydrogen-bond acceptors (Lipinski definition) is 4. The molecule has 0 spiro atoms. The summed E-state index contributed by atoms with van der Waals surface area (Å²) in [6.07, 6.45) is -1.43. The minimum absolute atomic E-state index is 0.00121. The van der Waals surface area contributed by atoms with Gasteiger partial charge in [0, 0.05) is 38.3 Å². The number of hydrogen-bond donors (Lipinski definition) is 1. The Hall–Kier alpha value is -2.00. The van der Waals surface area contributed by atoms with Gasteiger partial charge < -0.3 is 15.0 Å². The molecule has 168 valence electrons. The largest absolute Gasteiger partial charge is 0.496 e. The average Bonchev–Trinajstić information content (AvgIpc) is 3.14. The molecule has 3 rings (SSSR count). The number of ether oxygens (including phenoxy) is 1. The topological polar surface area (TPSA) is 48.1 Å². The van der Waals surface area contributed by atoms with Gasteiger partial charge in [0.15, 0.2) is 0 Å². The number of benzene rings is 1. The van der Waals surface area contributed by atoms with E-state index in [4.69, 9.17) is 4.74 Å². The summed E-state index contributed by atoms with van der Waals surface area (Å²) in [6, 6.07) is 7.61. The number of amides is 2. The molecule has 2 fully saturated rings. The Morgan fingerprint density at radius 2 is 1.80 bits per heavy atom. The fourth-order valence-corrected chi connectivity index (χ4v) is 4.31. The third-order valence-corrected chi connectivity index (χ3v) is 5.80. The summed E-state index contributed by atoms with van der Waals surface area (Å²) in [5.74, 6) is 0.793. The van der Waals surface area contributed by atoms with Crippen molar-refractivity contribution in [2.45, 2.75) is 31.5 Å². The van der Waals surface area contributed by atoms with E-state index >= 15 is 0 Å². The third kappa shape index (κ3) is 6.25. The molecule has 1 aromatic carbocycles. The zero-order chi connectivity index (χ0) is 21.6. The van der Waals surface area contributed by atoms with E-state index in [0.29, 0.717) is 32.6 Å². The van der Waals surface area contributed by atoms with E-state index in [1.165, 1.54) is 4.90 Å². The van der Waals surface area contributed by atoms with Crippen LogP contribution in [0.1, 0.15) is 30.9 Å². The molecule has 0 aliphatic carbocycles. The van der Waals surface area contributed by atoms with Crippen molar-refractivity contribution in [3.8, 4) is 5.75 Å². The van der Waals surface area contributed by atoms with Crippen LogP contribution in [0, 0.1) is 0 Å². The molecule has 1 atom stereocenters. The van der Waals surface area contributed by atoms with Gasteiger partial charge in [-0.05, 0) is 38.4 Å². The highest BCUT2D eigenvalue weighted by molar-refractivity contribution is 5.74. The molecule has 1 unspecified atom stereocenters. The van der Waals surface area contributed by atoms with Crippen LogP contribution in [0.3, 0.4) is 0 Å². The summed E-state index contributed by atoms with van der Waals surface area (Å²) < 4.78 is 43.5. The van der Waals surface area contributed by atoms with E-state index in [9.17, 15) is 18.0 Å². The second-order valence-corrected chi connectivity index (χ2v) is 7.92. The Morgan fingerprint density at radius 3 is 2.50 bits per heavy atom. The van der Waals surface area contributed by atoms with Crippen LogP contribution in [0.5, 0.6) is 5.75 Å². The smallest absolute Gasteiger partial charge is 0.401 e. The minimum atomic E-state index is -4.21. The minimum Gasteiger partial charge on any atom is -0.496 e. The summed E-state index contributed by atoms with van der Waals surface area (Å²) >= 11 is 0. The monoisotopic (exact) mass is 428 g/mol. The number of carbonyl (C=O) groups is 1. The summed E-state index contributed by atoms with van der Waals surface area (Å²) in [4.78, 5) is 18.1. The Balaban J connectivity index is 1.60. The van der Waals surface area contributed by atoms with Gasteiger partial charge in [-0.3, -0.25) is 9.80 Å². The molecule has 30 heavy (non-hydrogen) atoms. The second-order valence-electron chi connectivity index (χ2n) is 7.92. The number of urea groups is 1. The lowest BCUT2D eigenvalue weighted by molar-refractivity contribution is -0.145. The zero-order valence-electron chi connectivity index (χ0n) is 17.5. The molecule has 2 heterocycles. The number of halogens is 3. The molecule has 2 aliphatic heterocycles. The quantitative estimate of drug-likeness (QED) is 0.757. The zero-order valence-corrected chi connectivity index (χ0v) is 17.5. The van der Waals surface area contributed by atoms with Gasteiger partial charge in [0.05, 0.1) is 19.7 Å². The second kappa shape index (κ2) is 10.3. The number of nitrogens with one attached hydrogen (secondary N) is 1. The predicted molar refractivity (Wildman–Crippen MR) is 109 cm³/mol. The number of nitrogens with zero attached hydrogens (tertiary/aromatic N) is 3. The summed E-state index contributed by atoms with van der Waals surface area (Å²) in [5, 5.41) is 3.02. The summed E-state index contributed by atoms with van der Waals surface area (Å²) in [6.45, 7) is 2.78.